The predicted molar refractivity (Wildman–Crippen MR) is 55.5 cm³/mol. The van der Waals surface area contributed by atoms with Gasteiger partial charge in [0.05, 0.1) is 18.1 Å². The van der Waals surface area contributed by atoms with Crippen molar-refractivity contribution in [3.8, 4) is 0 Å². The second kappa shape index (κ2) is 6.24. The minimum absolute atomic E-state index is 0.630. The Morgan fingerprint density at radius 1 is 1.50 bits per heavy atom. The maximum atomic E-state index is 12.4. The molecule has 0 aromatic carbocycles. The fourth-order valence-corrected chi connectivity index (χ4v) is 1.12. The fourth-order valence-electron chi connectivity index (χ4n) is 1.12. The van der Waals surface area contributed by atoms with Crippen LogP contribution in [0.2, 0.25) is 0 Å². The minimum Gasteiger partial charge on any atom is -0.261 e. The number of hydrogen-bond donors (Lipinski definition) is 0. The normalized spacial score (nSPS) is 13.3. The summed E-state index contributed by atoms with van der Waals surface area (Å²) in [6.07, 6.45) is 10.6. The zero-order valence-electron chi connectivity index (χ0n) is 8.36. The molecule has 0 amide bonds. The van der Waals surface area contributed by atoms with Crippen LogP contribution in [0, 0.1) is 0 Å². The quantitative estimate of drug-likeness (QED) is 0.673. The Hall–Kier alpha value is -1.25. The zero-order chi connectivity index (χ0) is 10.2. The highest BCUT2D eigenvalue weighted by Crippen LogP contribution is 2.05. The van der Waals surface area contributed by atoms with Gasteiger partial charge in [-0.05, 0) is 32.3 Å². The van der Waals surface area contributed by atoms with Crippen LogP contribution in [0.5, 0.6) is 0 Å². The number of unbranched alkanes of at least 4 members (excludes halogenated alkanes) is 1. The van der Waals surface area contributed by atoms with Crippen LogP contribution in [0.4, 0.5) is 4.39 Å². The SMILES string of the molecule is CC(F)CCCC=Cc1cnccn1. The number of aromatic nitrogens is 2. The van der Waals surface area contributed by atoms with Gasteiger partial charge in [-0.25, -0.2) is 4.39 Å². The molecule has 1 unspecified atom stereocenters. The molecule has 0 aliphatic heterocycles. The monoisotopic (exact) mass is 194 g/mol. The van der Waals surface area contributed by atoms with E-state index in [1.807, 2.05) is 12.2 Å². The maximum Gasteiger partial charge on any atom is 0.0973 e. The van der Waals surface area contributed by atoms with E-state index in [4.69, 9.17) is 0 Å². The Kier molecular flexibility index (Phi) is 4.83. The Morgan fingerprint density at radius 2 is 2.36 bits per heavy atom. The van der Waals surface area contributed by atoms with Crippen LogP contribution in [0.1, 0.15) is 31.9 Å². The predicted octanol–water partition coefficient (Wildman–Crippen LogP) is 3.02. The molecule has 1 aromatic rings. The summed E-state index contributed by atoms with van der Waals surface area (Å²) in [6.45, 7) is 1.59. The van der Waals surface area contributed by atoms with E-state index >= 15 is 0 Å². The molecule has 1 atom stereocenters. The summed E-state index contributed by atoms with van der Waals surface area (Å²) < 4.78 is 12.4. The molecule has 0 fully saturated rings. The van der Waals surface area contributed by atoms with Crippen molar-refractivity contribution >= 4 is 6.08 Å². The summed E-state index contributed by atoms with van der Waals surface area (Å²) in [5, 5.41) is 0. The molecule has 1 rings (SSSR count). The molecule has 0 N–H and O–H groups in total. The van der Waals surface area contributed by atoms with Gasteiger partial charge in [-0.2, -0.15) is 0 Å². The number of nitrogens with zero attached hydrogens (tertiary/aromatic N) is 2. The second-order valence-electron chi connectivity index (χ2n) is 3.24. The number of hydrogen-bond acceptors (Lipinski definition) is 2. The first-order valence-corrected chi connectivity index (χ1v) is 4.85. The van der Waals surface area contributed by atoms with Crippen molar-refractivity contribution in [3.05, 3.63) is 30.4 Å². The van der Waals surface area contributed by atoms with Crippen molar-refractivity contribution in [1.82, 2.24) is 9.97 Å². The lowest BCUT2D eigenvalue weighted by atomic mass is 10.2. The van der Waals surface area contributed by atoms with Gasteiger partial charge in [0.2, 0.25) is 0 Å². The third kappa shape index (κ3) is 4.70. The summed E-state index contributed by atoms with van der Waals surface area (Å²) >= 11 is 0. The summed E-state index contributed by atoms with van der Waals surface area (Å²) in [7, 11) is 0. The van der Waals surface area contributed by atoms with Gasteiger partial charge >= 0.3 is 0 Å². The van der Waals surface area contributed by atoms with Crippen molar-refractivity contribution in [2.75, 3.05) is 0 Å². The third-order valence-electron chi connectivity index (χ3n) is 1.84. The maximum absolute atomic E-state index is 12.4. The van der Waals surface area contributed by atoms with Gasteiger partial charge < -0.3 is 0 Å². The van der Waals surface area contributed by atoms with Crippen molar-refractivity contribution in [2.24, 2.45) is 0 Å². The molecule has 3 heteroatoms. The van der Waals surface area contributed by atoms with E-state index in [1.54, 1.807) is 25.5 Å². The molecule has 1 aromatic heterocycles. The first-order valence-electron chi connectivity index (χ1n) is 4.85. The molecular weight excluding hydrogens is 179 g/mol. The van der Waals surface area contributed by atoms with Gasteiger partial charge in [-0.1, -0.05) is 6.08 Å². The Balaban J connectivity index is 2.21. The molecule has 0 radical (unpaired) electrons. The van der Waals surface area contributed by atoms with Gasteiger partial charge in [-0.15, -0.1) is 0 Å². The van der Waals surface area contributed by atoms with E-state index in [0.717, 1.165) is 18.5 Å². The number of alkyl halides is 1. The molecule has 0 aliphatic carbocycles. The van der Waals surface area contributed by atoms with Crippen LogP contribution in [0.15, 0.2) is 24.7 Å². The Labute approximate surface area is 83.9 Å². The van der Waals surface area contributed by atoms with Gasteiger partial charge in [0, 0.05) is 12.4 Å². The summed E-state index contributed by atoms with van der Waals surface area (Å²) in [5.41, 5.74) is 0.848. The van der Waals surface area contributed by atoms with E-state index in [-0.39, 0.29) is 0 Å². The third-order valence-corrected chi connectivity index (χ3v) is 1.84. The molecule has 0 aliphatic rings. The number of halogens is 1. The lowest BCUT2D eigenvalue weighted by Gasteiger charge is -1.97. The lowest BCUT2D eigenvalue weighted by molar-refractivity contribution is 0.335. The van der Waals surface area contributed by atoms with Crippen molar-refractivity contribution < 1.29 is 4.39 Å². The van der Waals surface area contributed by atoms with Crippen molar-refractivity contribution in [1.29, 1.82) is 0 Å². The summed E-state index contributed by atoms with van der Waals surface area (Å²) in [4.78, 5) is 8.03. The molecule has 0 saturated heterocycles. The van der Waals surface area contributed by atoms with E-state index in [0.29, 0.717) is 6.42 Å². The largest absolute Gasteiger partial charge is 0.261 e. The molecular formula is C11H15FN2. The van der Waals surface area contributed by atoms with Gasteiger partial charge in [0.1, 0.15) is 0 Å². The average Bonchev–Trinajstić information content (AvgIpc) is 2.18. The fraction of sp³-hybridized carbons (Fsp3) is 0.455. The van der Waals surface area contributed by atoms with Gasteiger partial charge in [0.15, 0.2) is 0 Å². The summed E-state index contributed by atoms with van der Waals surface area (Å²) in [6, 6.07) is 0. The minimum atomic E-state index is -0.695. The van der Waals surface area contributed by atoms with E-state index in [1.165, 1.54) is 0 Å². The van der Waals surface area contributed by atoms with Crippen LogP contribution in [-0.4, -0.2) is 16.1 Å². The summed E-state index contributed by atoms with van der Waals surface area (Å²) in [5.74, 6) is 0. The molecule has 0 spiro atoms. The molecule has 0 saturated carbocycles. The van der Waals surface area contributed by atoms with E-state index in [9.17, 15) is 4.39 Å². The first kappa shape index (κ1) is 10.8. The highest BCUT2D eigenvalue weighted by atomic mass is 19.1. The van der Waals surface area contributed by atoms with E-state index < -0.39 is 6.17 Å². The second-order valence-corrected chi connectivity index (χ2v) is 3.24. The average molecular weight is 194 g/mol. The zero-order valence-corrected chi connectivity index (χ0v) is 8.36. The molecule has 2 nitrogen and oxygen atoms in total. The Bertz CT molecular complexity index is 270. The molecule has 0 bridgehead atoms. The van der Waals surface area contributed by atoms with Crippen molar-refractivity contribution in [3.63, 3.8) is 0 Å². The van der Waals surface area contributed by atoms with Crippen LogP contribution in [0.3, 0.4) is 0 Å². The van der Waals surface area contributed by atoms with Crippen LogP contribution in [-0.2, 0) is 0 Å². The number of allylic oxidation sites excluding steroid dienone is 1. The van der Waals surface area contributed by atoms with Gasteiger partial charge in [-0.3, -0.25) is 9.97 Å². The van der Waals surface area contributed by atoms with Crippen LogP contribution in [0.25, 0.3) is 6.08 Å². The highest BCUT2D eigenvalue weighted by Gasteiger charge is 1.94. The molecule has 14 heavy (non-hydrogen) atoms. The Morgan fingerprint density at radius 3 is 3.00 bits per heavy atom. The van der Waals surface area contributed by atoms with E-state index in [2.05, 4.69) is 9.97 Å². The van der Waals surface area contributed by atoms with Gasteiger partial charge in [0.25, 0.3) is 0 Å². The standard InChI is InChI=1S/C11H15FN2/c1-10(12)5-3-2-4-6-11-9-13-7-8-14-11/h4,6-10H,2-3,5H2,1H3. The van der Waals surface area contributed by atoms with Crippen molar-refractivity contribution in [2.45, 2.75) is 32.4 Å². The smallest absolute Gasteiger partial charge is 0.0973 e. The lowest BCUT2D eigenvalue weighted by Crippen LogP contribution is -1.90. The molecule has 76 valence electrons. The first-order chi connectivity index (χ1) is 6.79. The highest BCUT2D eigenvalue weighted by molar-refractivity contribution is 5.42. The molecule has 1 heterocycles. The topological polar surface area (TPSA) is 25.8 Å². The number of rotatable bonds is 5. The van der Waals surface area contributed by atoms with Crippen LogP contribution >= 0.6 is 0 Å². The van der Waals surface area contributed by atoms with Crippen LogP contribution < -0.4 is 0 Å².